The highest BCUT2D eigenvalue weighted by atomic mass is 35.5. The third-order valence-electron chi connectivity index (χ3n) is 3.08. The van der Waals surface area contributed by atoms with Gasteiger partial charge in [-0.25, -0.2) is 9.97 Å². The van der Waals surface area contributed by atoms with E-state index in [0.29, 0.717) is 11.2 Å². The number of nitrogens with zero attached hydrogens (tertiary/aromatic N) is 2. The van der Waals surface area contributed by atoms with E-state index in [1.54, 1.807) is 0 Å². The Morgan fingerprint density at radius 2 is 1.89 bits per heavy atom. The van der Waals surface area contributed by atoms with Crippen molar-refractivity contribution < 1.29 is 0 Å². The van der Waals surface area contributed by atoms with Gasteiger partial charge in [0.2, 0.25) is 0 Å². The molecule has 1 aromatic heterocycles. The highest BCUT2D eigenvalue weighted by Crippen LogP contribution is 2.22. The summed E-state index contributed by atoms with van der Waals surface area (Å²) in [4.78, 5) is 8.90. The molecule has 0 saturated heterocycles. The zero-order valence-corrected chi connectivity index (χ0v) is 12.6. The summed E-state index contributed by atoms with van der Waals surface area (Å²) in [6.07, 6.45) is 5.33. The van der Waals surface area contributed by atoms with Gasteiger partial charge in [0.1, 0.15) is 16.8 Å². The maximum Gasteiger partial charge on any atom is 0.137 e. The number of anilines is 1. The van der Waals surface area contributed by atoms with Crippen molar-refractivity contribution in [1.82, 2.24) is 9.97 Å². The molecule has 1 heterocycles. The van der Waals surface area contributed by atoms with Crippen molar-refractivity contribution in [3.63, 3.8) is 0 Å². The Bertz CT molecular complexity index is 380. The molecular weight excluding hydrogens is 246 g/mol. The number of aryl methyl sites for hydroxylation is 1. The highest BCUT2D eigenvalue weighted by Gasteiger charge is 2.12. The molecule has 0 aliphatic rings. The predicted octanol–water partition coefficient (Wildman–Crippen LogP) is 4.38. The number of nitrogens with one attached hydrogen (secondary N) is 1. The molecular formula is C14H24ClN3. The molecule has 0 radical (unpaired) electrons. The first-order valence-corrected chi connectivity index (χ1v) is 7.29. The van der Waals surface area contributed by atoms with Gasteiger partial charge in [0.15, 0.2) is 0 Å². The van der Waals surface area contributed by atoms with Gasteiger partial charge in [-0.3, -0.25) is 0 Å². The van der Waals surface area contributed by atoms with E-state index < -0.39 is 0 Å². The van der Waals surface area contributed by atoms with Crippen molar-refractivity contribution in [3.8, 4) is 0 Å². The molecule has 1 rings (SSSR count). The summed E-state index contributed by atoms with van der Waals surface area (Å²) in [6, 6.07) is 0.467. The summed E-state index contributed by atoms with van der Waals surface area (Å²) in [5, 5.41) is 4.07. The van der Waals surface area contributed by atoms with Gasteiger partial charge in [0.25, 0.3) is 0 Å². The number of hydrogen-bond donors (Lipinski definition) is 1. The Morgan fingerprint density at radius 3 is 2.44 bits per heavy atom. The van der Waals surface area contributed by atoms with Crippen LogP contribution in [0, 0.1) is 6.92 Å². The molecule has 0 aliphatic heterocycles. The molecule has 0 aliphatic carbocycles. The van der Waals surface area contributed by atoms with E-state index in [9.17, 15) is 0 Å². The molecule has 18 heavy (non-hydrogen) atoms. The van der Waals surface area contributed by atoms with Gasteiger partial charge in [-0.15, -0.1) is 0 Å². The Morgan fingerprint density at radius 1 is 1.17 bits per heavy atom. The molecule has 0 aromatic carbocycles. The summed E-state index contributed by atoms with van der Waals surface area (Å²) in [5.41, 5.74) is 0.950. The lowest BCUT2D eigenvalue weighted by Crippen LogP contribution is -2.20. The smallest absolute Gasteiger partial charge is 0.137 e. The normalized spacial score (nSPS) is 12.5. The standard InChI is InChI=1S/C14H24ClN3/c1-5-8-11(7-3)16-14-10(4)13(15)17-12(18-14)9-6-2/h11H,5-9H2,1-4H3,(H,16,17,18). The van der Waals surface area contributed by atoms with Gasteiger partial charge in [0, 0.05) is 18.0 Å². The van der Waals surface area contributed by atoms with E-state index in [0.717, 1.165) is 42.9 Å². The zero-order chi connectivity index (χ0) is 13.5. The maximum atomic E-state index is 6.17. The summed E-state index contributed by atoms with van der Waals surface area (Å²) in [5.74, 6) is 1.74. The third kappa shape index (κ3) is 4.13. The van der Waals surface area contributed by atoms with E-state index >= 15 is 0 Å². The molecule has 1 atom stereocenters. The van der Waals surface area contributed by atoms with Crippen molar-refractivity contribution in [2.24, 2.45) is 0 Å². The number of halogens is 1. The molecule has 0 amide bonds. The van der Waals surface area contributed by atoms with Gasteiger partial charge < -0.3 is 5.32 Å². The molecule has 1 N–H and O–H groups in total. The Hall–Kier alpha value is -0.830. The fourth-order valence-corrected chi connectivity index (χ4v) is 2.12. The van der Waals surface area contributed by atoms with E-state index in [-0.39, 0.29) is 0 Å². The van der Waals surface area contributed by atoms with E-state index in [1.165, 1.54) is 6.42 Å². The molecule has 0 spiro atoms. The first-order chi connectivity index (χ1) is 8.62. The van der Waals surface area contributed by atoms with Crippen LogP contribution in [0.5, 0.6) is 0 Å². The largest absolute Gasteiger partial charge is 0.367 e. The van der Waals surface area contributed by atoms with Gasteiger partial charge in [0.05, 0.1) is 0 Å². The number of rotatable bonds is 7. The van der Waals surface area contributed by atoms with Crippen molar-refractivity contribution in [2.75, 3.05) is 5.32 Å². The predicted molar refractivity (Wildman–Crippen MR) is 78.4 cm³/mol. The van der Waals surface area contributed by atoms with E-state index in [1.807, 2.05) is 6.92 Å². The molecule has 1 aromatic rings. The third-order valence-corrected chi connectivity index (χ3v) is 3.45. The molecule has 0 bridgehead atoms. The summed E-state index contributed by atoms with van der Waals surface area (Å²) < 4.78 is 0. The first-order valence-electron chi connectivity index (χ1n) is 6.91. The van der Waals surface area contributed by atoms with Crippen molar-refractivity contribution >= 4 is 17.4 Å². The quantitative estimate of drug-likeness (QED) is 0.747. The van der Waals surface area contributed by atoms with Crippen LogP contribution in [0.3, 0.4) is 0 Å². The second-order valence-electron chi connectivity index (χ2n) is 4.69. The average Bonchev–Trinajstić information content (AvgIpc) is 2.35. The van der Waals surface area contributed by atoms with Crippen LogP contribution < -0.4 is 5.32 Å². The molecule has 3 nitrogen and oxygen atoms in total. The fourth-order valence-electron chi connectivity index (χ4n) is 1.93. The van der Waals surface area contributed by atoms with Crippen LogP contribution in [0.4, 0.5) is 5.82 Å². The van der Waals surface area contributed by atoms with Crippen LogP contribution in [0.1, 0.15) is 57.8 Å². The van der Waals surface area contributed by atoms with E-state index in [4.69, 9.17) is 11.6 Å². The maximum absolute atomic E-state index is 6.17. The van der Waals surface area contributed by atoms with E-state index in [2.05, 4.69) is 36.1 Å². The van der Waals surface area contributed by atoms with Crippen LogP contribution in [-0.2, 0) is 6.42 Å². The lowest BCUT2D eigenvalue weighted by atomic mass is 10.1. The van der Waals surface area contributed by atoms with Gasteiger partial charge >= 0.3 is 0 Å². The summed E-state index contributed by atoms with van der Waals surface area (Å²) >= 11 is 6.17. The Balaban J connectivity index is 2.91. The lowest BCUT2D eigenvalue weighted by Gasteiger charge is -2.19. The van der Waals surface area contributed by atoms with Crippen molar-refractivity contribution in [3.05, 3.63) is 16.5 Å². The van der Waals surface area contributed by atoms with Crippen molar-refractivity contribution in [1.29, 1.82) is 0 Å². The van der Waals surface area contributed by atoms with Crippen LogP contribution >= 0.6 is 11.6 Å². The minimum absolute atomic E-state index is 0.467. The second-order valence-corrected chi connectivity index (χ2v) is 5.05. The van der Waals surface area contributed by atoms with Crippen molar-refractivity contribution in [2.45, 2.75) is 65.8 Å². The Kier molecular flexibility index (Phi) is 6.41. The minimum Gasteiger partial charge on any atom is -0.367 e. The topological polar surface area (TPSA) is 37.8 Å². The zero-order valence-electron chi connectivity index (χ0n) is 11.9. The molecule has 0 saturated carbocycles. The second kappa shape index (κ2) is 7.57. The number of aromatic nitrogens is 2. The fraction of sp³-hybridized carbons (Fsp3) is 0.714. The lowest BCUT2D eigenvalue weighted by molar-refractivity contribution is 0.618. The van der Waals surface area contributed by atoms with Gasteiger partial charge in [-0.1, -0.05) is 38.8 Å². The summed E-state index contributed by atoms with van der Waals surface area (Å²) in [6.45, 7) is 8.49. The molecule has 1 unspecified atom stereocenters. The summed E-state index contributed by atoms with van der Waals surface area (Å²) in [7, 11) is 0. The number of hydrogen-bond acceptors (Lipinski definition) is 3. The highest BCUT2D eigenvalue weighted by molar-refractivity contribution is 6.30. The Labute approximate surface area is 115 Å². The molecule has 102 valence electrons. The molecule has 4 heteroatoms. The van der Waals surface area contributed by atoms with Crippen LogP contribution in [0.15, 0.2) is 0 Å². The molecule has 0 fully saturated rings. The van der Waals surface area contributed by atoms with Gasteiger partial charge in [-0.2, -0.15) is 0 Å². The monoisotopic (exact) mass is 269 g/mol. The van der Waals surface area contributed by atoms with Crippen LogP contribution in [0.25, 0.3) is 0 Å². The van der Waals surface area contributed by atoms with Crippen LogP contribution in [0.2, 0.25) is 5.15 Å². The SMILES string of the molecule is CCCc1nc(Cl)c(C)c(NC(CC)CCC)n1. The van der Waals surface area contributed by atoms with Gasteiger partial charge in [-0.05, 0) is 26.2 Å². The average molecular weight is 270 g/mol. The first kappa shape index (κ1) is 15.2. The van der Waals surface area contributed by atoms with Crippen LogP contribution in [-0.4, -0.2) is 16.0 Å². The minimum atomic E-state index is 0.467.